The molecule has 5 heteroatoms. The maximum atomic E-state index is 12.6. The molecule has 2 aromatic carbocycles. The Balaban J connectivity index is 1.41. The highest BCUT2D eigenvalue weighted by molar-refractivity contribution is 5.94. The third-order valence-electron chi connectivity index (χ3n) is 5.10. The summed E-state index contributed by atoms with van der Waals surface area (Å²) in [6.07, 6.45) is 3.42. The molecule has 0 spiro atoms. The summed E-state index contributed by atoms with van der Waals surface area (Å²) in [5, 5.41) is 3.11. The molecule has 1 saturated heterocycles. The molecular formula is C21H24N2O3. The summed E-state index contributed by atoms with van der Waals surface area (Å²) in [5.74, 6) is 1.26. The average molecular weight is 352 g/mol. The lowest BCUT2D eigenvalue weighted by Gasteiger charge is -2.28. The van der Waals surface area contributed by atoms with Crippen molar-refractivity contribution >= 4 is 5.91 Å². The van der Waals surface area contributed by atoms with Gasteiger partial charge in [0.05, 0.1) is 0 Å². The number of likely N-dealkylation sites (tertiary alicyclic amines) is 1. The van der Waals surface area contributed by atoms with Gasteiger partial charge in [0.2, 0.25) is 6.79 Å². The van der Waals surface area contributed by atoms with Crippen molar-refractivity contribution < 1.29 is 14.3 Å². The molecule has 0 aliphatic carbocycles. The first-order chi connectivity index (χ1) is 12.8. The van der Waals surface area contributed by atoms with Crippen LogP contribution in [0.3, 0.4) is 0 Å². The molecule has 2 aliphatic heterocycles. The van der Waals surface area contributed by atoms with Crippen LogP contribution in [-0.4, -0.2) is 43.3 Å². The normalized spacial score (nSPS) is 17.2. The number of nitrogens with one attached hydrogen (secondary N) is 1. The van der Waals surface area contributed by atoms with Gasteiger partial charge >= 0.3 is 0 Å². The fraction of sp³-hybridized carbons (Fsp3) is 0.381. The summed E-state index contributed by atoms with van der Waals surface area (Å²) in [6, 6.07) is 16.1. The van der Waals surface area contributed by atoms with Gasteiger partial charge in [0.15, 0.2) is 11.5 Å². The molecule has 5 nitrogen and oxygen atoms in total. The van der Waals surface area contributed by atoms with E-state index in [2.05, 4.69) is 34.5 Å². The van der Waals surface area contributed by atoms with Gasteiger partial charge in [0.25, 0.3) is 5.91 Å². The highest BCUT2D eigenvalue weighted by Gasteiger charge is 2.23. The van der Waals surface area contributed by atoms with Gasteiger partial charge < -0.3 is 14.8 Å². The van der Waals surface area contributed by atoms with E-state index in [1.54, 1.807) is 18.2 Å². The van der Waals surface area contributed by atoms with Crippen molar-refractivity contribution in [2.75, 3.05) is 26.4 Å². The molecule has 4 rings (SSSR count). The first kappa shape index (κ1) is 16.9. The number of fused-ring (bicyclic) bond motifs is 1. The molecule has 26 heavy (non-hydrogen) atoms. The Morgan fingerprint density at radius 2 is 1.81 bits per heavy atom. The van der Waals surface area contributed by atoms with Gasteiger partial charge in [-0.15, -0.1) is 0 Å². The van der Waals surface area contributed by atoms with Crippen molar-refractivity contribution in [1.82, 2.24) is 10.2 Å². The van der Waals surface area contributed by atoms with Gasteiger partial charge in [-0.2, -0.15) is 0 Å². The van der Waals surface area contributed by atoms with Gasteiger partial charge in [-0.1, -0.05) is 30.3 Å². The average Bonchev–Trinajstić information content (AvgIpc) is 3.36. The molecule has 0 saturated carbocycles. The molecule has 1 atom stereocenters. The maximum Gasteiger partial charge on any atom is 0.251 e. The van der Waals surface area contributed by atoms with Crippen molar-refractivity contribution in [2.45, 2.75) is 25.3 Å². The number of amides is 1. The van der Waals surface area contributed by atoms with Crippen LogP contribution in [0.25, 0.3) is 0 Å². The summed E-state index contributed by atoms with van der Waals surface area (Å²) in [6.45, 7) is 3.07. The fourth-order valence-electron chi connectivity index (χ4n) is 3.67. The molecule has 2 heterocycles. The zero-order chi connectivity index (χ0) is 17.8. The van der Waals surface area contributed by atoms with E-state index in [1.807, 2.05) is 6.07 Å². The molecule has 1 unspecified atom stereocenters. The summed E-state index contributed by atoms with van der Waals surface area (Å²) in [5.41, 5.74) is 1.91. The van der Waals surface area contributed by atoms with Gasteiger partial charge in [0, 0.05) is 18.2 Å². The molecule has 1 amide bonds. The monoisotopic (exact) mass is 352 g/mol. The fourth-order valence-corrected chi connectivity index (χ4v) is 3.67. The Morgan fingerprint density at radius 3 is 2.62 bits per heavy atom. The lowest BCUT2D eigenvalue weighted by Crippen LogP contribution is -2.44. The third kappa shape index (κ3) is 3.83. The first-order valence-corrected chi connectivity index (χ1v) is 9.25. The quantitative estimate of drug-likeness (QED) is 0.869. The zero-order valence-corrected chi connectivity index (χ0v) is 14.8. The molecule has 1 N–H and O–H groups in total. The van der Waals surface area contributed by atoms with Crippen molar-refractivity contribution in [3.05, 3.63) is 59.7 Å². The minimum absolute atomic E-state index is 0.0689. The second-order valence-corrected chi connectivity index (χ2v) is 6.86. The largest absolute Gasteiger partial charge is 0.454 e. The second kappa shape index (κ2) is 7.79. The van der Waals surface area contributed by atoms with E-state index in [0.29, 0.717) is 29.6 Å². The highest BCUT2D eigenvalue weighted by Crippen LogP contribution is 2.32. The van der Waals surface area contributed by atoms with Crippen molar-refractivity contribution in [2.24, 2.45) is 0 Å². The molecule has 2 aliphatic rings. The number of benzene rings is 2. The number of rotatable bonds is 6. The lowest BCUT2D eigenvalue weighted by atomic mass is 10.0. The minimum Gasteiger partial charge on any atom is -0.454 e. The molecule has 2 aromatic rings. The van der Waals surface area contributed by atoms with E-state index in [4.69, 9.17) is 9.47 Å². The number of hydrogen-bond donors (Lipinski definition) is 1. The van der Waals surface area contributed by atoms with E-state index in [1.165, 1.54) is 18.4 Å². The van der Waals surface area contributed by atoms with E-state index in [-0.39, 0.29) is 12.7 Å². The number of carbonyl (C=O) groups is 1. The number of hydrogen-bond acceptors (Lipinski definition) is 4. The van der Waals surface area contributed by atoms with Crippen LogP contribution in [0.4, 0.5) is 0 Å². The Morgan fingerprint density at radius 1 is 1.04 bits per heavy atom. The van der Waals surface area contributed by atoms with Crippen LogP contribution in [-0.2, 0) is 6.42 Å². The van der Waals surface area contributed by atoms with Gasteiger partial charge in [-0.3, -0.25) is 9.69 Å². The number of carbonyl (C=O) groups excluding carboxylic acids is 1. The molecule has 1 fully saturated rings. The van der Waals surface area contributed by atoms with E-state index >= 15 is 0 Å². The standard InChI is InChI=1S/C21H24N2O3/c24-21(17-8-9-19-20(13-17)26-15-25-19)22-14-18(23-10-4-5-11-23)12-16-6-2-1-3-7-16/h1-3,6-9,13,18H,4-5,10-12,14-15H2,(H,22,24). The summed E-state index contributed by atoms with van der Waals surface area (Å²) in [4.78, 5) is 15.1. The maximum absolute atomic E-state index is 12.6. The Kier molecular flexibility index (Phi) is 5.07. The molecule has 136 valence electrons. The summed E-state index contributed by atoms with van der Waals surface area (Å²) < 4.78 is 10.7. The number of ether oxygens (including phenoxy) is 2. The predicted molar refractivity (Wildman–Crippen MR) is 99.6 cm³/mol. The lowest BCUT2D eigenvalue weighted by molar-refractivity contribution is 0.0937. The predicted octanol–water partition coefficient (Wildman–Crippen LogP) is 2.85. The Bertz CT molecular complexity index is 757. The third-order valence-corrected chi connectivity index (χ3v) is 5.10. The van der Waals surface area contributed by atoms with Crippen LogP contribution in [0.1, 0.15) is 28.8 Å². The number of nitrogens with zero attached hydrogens (tertiary/aromatic N) is 1. The van der Waals surface area contributed by atoms with Crippen LogP contribution in [0.5, 0.6) is 11.5 Å². The zero-order valence-electron chi connectivity index (χ0n) is 14.8. The van der Waals surface area contributed by atoms with E-state index in [9.17, 15) is 4.79 Å². The van der Waals surface area contributed by atoms with Crippen LogP contribution in [0, 0.1) is 0 Å². The molecular weight excluding hydrogens is 328 g/mol. The second-order valence-electron chi connectivity index (χ2n) is 6.86. The van der Waals surface area contributed by atoms with Crippen LogP contribution in [0.15, 0.2) is 48.5 Å². The molecule has 0 aromatic heterocycles. The Hall–Kier alpha value is -2.53. The van der Waals surface area contributed by atoms with Crippen LogP contribution >= 0.6 is 0 Å². The van der Waals surface area contributed by atoms with Crippen LogP contribution < -0.4 is 14.8 Å². The van der Waals surface area contributed by atoms with Crippen molar-refractivity contribution in [3.63, 3.8) is 0 Å². The van der Waals surface area contributed by atoms with Gasteiger partial charge in [-0.25, -0.2) is 0 Å². The van der Waals surface area contributed by atoms with Gasteiger partial charge in [-0.05, 0) is 56.1 Å². The topological polar surface area (TPSA) is 50.8 Å². The Labute approximate surface area is 153 Å². The van der Waals surface area contributed by atoms with Crippen molar-refractivity contribution in [3.8, 4) is 11.5 Å². The smallest absolute Gasteiger partial charge is 0.251 e. The minimum atomic E-state index is -0.0689. The van der Waals surface area contributed by atoms with Crippen molar-refractivity contribution in [1.29, 1.82) is 0 Å². The van der Waals surface area contributed by atoms with Gasteiger partial charge in [0.1, 0.15) is 0 Å². The summed E-state index contributed by atoms with van der Waals surface area (Å²) >= 11 is 0. The van der Waals surface area contributed by atoms with E-state index in [0.717, 1.165) is 19.5 Å². The SMILES string of the molecule is O=C(NCC(Cc1ccccc1)N1CCCC1)c1ccc2c(c1)OCO2. The first-order valence-electron chi connectivity index (χ1n) is 9.25. The van der Waals surface area contributed by atoms with Crippen LogP contribution in [0.2, 0.25) is 0 Å². The molecule has 0 radical (unpaired) electrons. The molecule has 0 bridgehead atoms. The summed E-state index contributed by atoms with van der Waals surface area (Å²) in [7, 11) is 0. The highest BCUT2D eigenvalue weighted by atomic mass is 16.7. The van der Waals surface area contributed by atoms with E-state index < -0.39 is 0 Å².